The fourth-order valence-corrected chi connectivity index (χ4v) is 2.85. The molecule has 6 nitrogen and oxygen atoms in total. The van der Waals surface area contributed by atoms with Crippen molar-refractivity contribution in [1.82, 2.24) is 4.98 Å². The van der Waals surface area contributed by atoms with Crippen molar-refractivity contribution in [2.75, 3.05) is 12.8 Å². The van der Waals surface area contributed by atoms with E-state index in [1.807, 2.05) is 6.07 Å². The highest BCUT2D eigenvalue weighted by Gasteiger charge is 2.21. The minimum Gasteiger partial charge on any atom is -0.508 e. The van der Waals surface area contributed by atoms with Crippen molar-refractivity contribution in [1.29, 1.82) is 0 Å². The molecular weight excluding hydrogens is 306 g/mol. The number of aromatic nitrogens is 1. The van der Waals surface area contributed by atoms with Gasteiger partial charge in [-0.25, -0.2) is 0 Å². The van der Waals surface area contributed by atoms with E-state index in [0.29, 0.717) is 33.3 Å². The van der Waals surface area contributed by atoms with E-state index in [4.69, 9.17) is 16.2 Å². The van der Waals surface area contributed by atoms with Gasteiger partial charge in [-0.2, -0.15) is 0 Å². The second kappa shape index (κ2) is 5.73. The third kappa shape index (κ3) is 2.28. The zero-order valence-corrected chi connectivity index (χ0v) is 13.3. The number of nitrogens with zero attached hydrogens (tertiary/aromatic N) is 1. The molecular formula is C18H17N3O3. The summed E-state index contributed by atoms with van der Waals surface area (Å²) in [5.74, 6) is 0.0610. The first-order valence-electron chi connectivity index (χ1n) is 7.29. The first-order chi connectivity index (χ1) is 11.5. The summed E-state index contributed by atoms with van der Waals surface area (Å²) < 4.78 is 5.44. The molecule has 0 fully saturated rings. The quantitative estimate of drug-likeness (QED) is 0.641. The van der Waals surface area contributed by atoms with Gasteiger partial charge in [0.05, 0.1) is 29.3 Å². The van der Waals surface area contributed by atoms with E-state index >= 15 is 0 Å². The zero-order chi connectivity index (χ0) is 17.4. The van der Waals surface area contributed by atoms with Crippen molar-refractivity contribution in [3.63, 3.8) is 0 Å². The van der Waals surface area contributed by atoms with E-state index in [2.05, 4.69) is 4.98 Å². The van der Waals surface area contributed by atoms with Crippen LogP contribution in [0.4, 0.5) is 5.69 Å². The number of anilines is 1. The maximum Gasteiger partial charge on any atom is 0.250 e. The van der Waals surface area contributed by atoms with Crippen molar-refractivity contribution < 1.29 is 14.6 Å². The molecule has 1 heterocycles. The van der Waals surface area contributed by atoms with Crippen LogP contribution in [-0.4, -0.2) is 23.1 Å². The van der Waals surface area contributed by atoms with E-state index in [0.717, 1.165) is 0 Å². The van der Waals surface area contributed by atoms with Gasteiger partial charge < -0.3 is 21.3 Å². The predicted octanol–water partition coefficient (Wildman–Crippen LogP) is 2.61. The molecule has 3 aromatic rings. The number of benzene rings is 2. The third-order valence-corrected chi connectivity index (χ3v) is 4.09. The summed E-state index contributed by atoms with van der Waals surface area (Å²) in [5, 5.41) is 10.7. The van der Waals surface area contributed by atoms with Crippen LogP contribution < -0.4 is 16.2 Å². The molecule has 0 saturated carbocycles. The number of phenolic OH excluding ortho intramolecular Hbond substituents is 1. The number of hydrogen-bond acceptors (Lipinski definition) is 5. The smallest absolute Gasteiger partial charge is 0.250 e. The summed E-state index contributed by atoms with van der Waals surface area (Å²) in [6, 6.07) is 8.38. The van der Waals surface area contributed by atoms with Crippen LogP contribution in [0.3, 0.4) is 0 Å². The Bertz CT molecular complexity index is 967. The van der Waals surface area contributed by atoms with Crippen LogP contribution in [0, 0.1) is 6.92 Å². The van der Waals surface area contributed by atoms with Crippen LogP contribution in [0.1, 0.15) is 15.9 Å². The topological polar surface area (TPSA) is 111 Å². The van der Waals surface area contributed by atoms with Crippen LogP contribution in [-0.2, 0) is 0 Å². The SMILES string of the molecule is COc1ccnc2cc(C(N)=O)c(N)c(-c3cccc(O)c3C)c12. The Labute approximate surface area is 138 Å². The largest absolute Gasteiger partial charge is 0.508 e. The van der Waals surface area contributed by atoms with Gasteiger partial charge in [-0.1, -0.05) is 12.1 Å². The van der Waals surface area contributed by atoms with Gasteiger partial charge in [-0.3, -0.25) is 9.78 Å². The van der Waals surface area contributed by atoms with Crippen LogP contribution in [0.15, 0.2) is 36.5 Å². The van der Waals surface area contributed by atoms with Crippen molar-refractivity contribution in [3.05, 3.63) is 47.7 Å². The lowest BCUT2D eigenvalue weighted by Crippen LogP contribution is -2.14. The third-order valence-electron chi connectivity index (χ3n) is 4.09. The van der Waals surface area contributed by atoms with E-state index in [-0.39, 0.29) is 17.0 Å². The molecule has 0 spiro atoms. The normalized spacial score (nSPS) is 10.8. The van der Waals surface area contributed by atoms with E-state index in [9.17, 15) is 9.90 Å². The molecule has 1 aromatic heterocycles. The number of rotatable bonds is 3. The number of nitrogen functional groups attached to an aromatic ring is 1. The van der Waals surface area contributed by atoms with E-state index in [1.54, 1.807) is 44.5 Å². The summed E-state index contributed by atoms with van der Waals surface area (Å²) in [5.41, 5.74) is 14.6. The van der Waals surface area contributed by atoms with Crippen LogP contribution >= 0.6 is 0 Å². The molecule has 0 saturated heterocycles. The first-order valence-corrected chi connectivity index (χ1v) is 7.29. The number of primary amides is 1. The molecule has 0 bridgehead atoms. The van der Waals surface area contributed by atoms with Gasteiger partial charge in [-0.05, 0) is 36.2 Å². The predicted molar refractivity (Wildman–Crippen MR) is 93.1 cm³/mol. The van der Waals surface area contributed by atoms with E-state index < -0.39 is 5.91 Å². The lowest BCUT2D eigenvalue weighted by atomic mass is 9.91. The van der Waals surface area contributed by atoms with E-state index in [1.165, 1.54) is 0 Å². The van der Waals surface area contributed by atoms with Crippen molar-refractivity contribution in [2.24, 2.45) is 5.73 Å². The van der Waals surface area contributed by atoms with Crippen LogP contribution in [0.2, 0.25) is 0 Å². The summed E-state index contributed by atoms with van der Waals surface area (Å²) in [7, 11) is 1.55. The molecule has 0 aliphatic rings. The number of ether oxygens (including phenoxy) is 1. The second-order valence-electron chi connectivity index (χ2n) is 5.43. The minimum atomic E-state index is -0.641. The Hall–Kier alpha value is -3.28. The number of pyridine rings is 1. The molecule has 6 heteroatoms. The average molecular weight is 323 g/mol. The number of nitrogens with two attached hydrogens (primary N) is 2. The highest BCUT2D eigenvalue weighted by atomic mass is 16.5. The summed E-state index contributed by atoms with van der Waals surface area (Å²) in [6.45, 7) is 1.77. The molecule has 0 unspecified atom stereocenters. The van der Waals surface area contributed by atoms with Crippen molar-refractivity contribution in [3.8, 4) is 22.6 Å². The molecule has 0 aliphatic carbocycles. The van der Waals surface area contributed by atoms with Crippen molar-refractivity contribution >= 4 is 22.5 Å². The Morgan fingerprint density at radius 2 is 2.04 bits per heavy atom. The van der Waals surface area contributed by atoms with Gasteiger partial charge in [0.15, 0.2) is 0 Å². The molecule has 5 N–H and O–H groups in total. The number of amides is 1. The molecule has 0 radical (unpaired) electrons. The first kappa shape index (κ1) is 15.6. The number of phenols is 1. The van der Waals surface area contributed by atoms with Gasteiger partial charge in [-0.15, -0.1) is 0 Å². The summed E-state index contributed by atoms with van der Waals surface area (Å²) in [4.78, 5) is 16.1. The highest BCUT2D eigenvalue weighted by molar-refractivity contribution is 6.12. The summed E-state index contributed by atoms with van der Waals surface area (Å²) in [6.07, 6.45) is 1.58. The molecule has 0 atom stereocenters. The zero-order valence-electron chi connectivity index (χ0n) is 13.3. The van der Waals surface area contributed by atoms with Gasteiger partial charge in [0.25, 0.3) is 5.91 Å². The Morgan fingerprint density at radius 1 is 1.29 bits per heavy atom. The number of carbonyl (C=O) groups is 1. The molecule has 24 heavy (non-hydrogen) atoms. The van der Waals surface area contributed by atoms with Crippen LogP contribution in [0.25, 0.3) is 22.0 Å². The van der Waals surface area contributed by atoms with Gasteiger partial charge in [0.2, 0.25) is 0 Å². The maximum atomic E-state index is 11.8. The number of hydrogen-bond donors (Lipinski definition) is 3. The number of methoxy groups -OCH3 is 1. The van der Waals surface area contributed by atoms with Crippen molar-refractivity contribution in [2.45, 2.75) is 6.92 Å². The maximum absolute atomic E-state index is 11.8. The standard InChI is InChI=1S/C18H17N3O3/c1-9-10(4-3-5-13(9)22)15-16-12(21-7-6-14(16)24-2)8-11(17(15)19)18(20)23/h3-8,22H,19H2,1-2H3,(H2,20,23). The van der Waals surface area contributed by atoms with Crippen LogP contribution in [0.5, 0.6) is 11.5 Å². The number of fused-ring (bicyclic) bond motifs is 1. The Kier molecular flexibility index (Phi) is 3.73. The second-order valence-corrected chi connectivity index (χ2v) is 5.43. The minimum absolute atomic E-state index is 0.132. The fourth-order valence-electron chi connectivity index (χ4n) is 2.85. The lowest BCUT2D eigenvalue weighted by molar-refractivity contribution is 0.100. The van der Waals surface area contributed by atoms with Gasteiger partial charge in [0.1, 0.15) is 11.5 Å². The lowest BCUT2D eigenvalue weighted by Gasteiger charge is -2.17. The highest BCUT2D eigenvalue weighted by Crippen LogP contribution is 2.42. The number of aromatic hydroxyl groups is 1. The Morgan fingerprint density at radius 3 is 2.71 bits per heavy atom. The fraction of sp³-hybridized carbons (Fsp3) is 0.111. The summed E-state index contributed by atoms with van der Waals surface area (Å²) >= 11 is 0. The van der Waals surface area contributed by atoms with Gasteiger partial charge >= 0.3 is 0 Å². The molecule has 1 amide bonds. The average Bonchev–Trinajstić information content (AvgIpc) is 2.56. The Balaban J connectivity index is 2.55. The monoisotopic (exact) mass is 323 g/mol. The molecule has 122 valence electrons. The molecule has 0 aliphatic heterocycles. The molecule has 2 aromatic carbocycles. The molecule has 3 rings (SSSR count). The number of carbonyl (C=O) groups excluding carboxylic acids is 1. The van der Waals surface area contributed by atoms with Gasteiger partial charge in [0, 0.05) is 11.8 Å².